The van der Waals surface area contributed by atoms with Crippen LogP contribution in [0.4, 0.5) is 0 Å². The van der Waals surface area contributed by atoms with Crippen molar-refractivity contribution in [2.75, 3.05) is 13.1 Å². The van der Waals surface area contributed by atoms with Gasteiger partial charge in [-0.05, 0) is 31.5 Å². The number of pyridine rings is 1. The molecule has 1 aliphatic heterocycles. The van der Waals surface area contributed by atoms with E-state index < -0.39 is 0 Å². The highest BCUT2D eigenvalue weighted by Gasteiger charge is 2.21. The van der Waals surface area contributed by atoms with Gasteiger partial charge in [-0.15, -0.1) is 0 Å². The lowest BCUT2D eigenvalue weighted by molar-refractivity contribution is 0.370. The minimum absolute atomic E-state index is 0.113. The standard InChI is InChI=1S/C17H17N7O/c25-17-21-13-10-19-15(12-9-20-23-7-2-1-5-14(12)23)22-16(13)24(17)11-4-3-6-18-8-11/h1-2,5,7,9-11,18H,3-4,6,8H2,(H,21,25)/t11-/m0/s1. The molecule has 0 unspecified atom stereocenters. The predicted molar refractivity (Wildman–Crippen MR) is 93.5 cm³/mol. The normalized spacial score (nSPS) is 18.2. The molecule has 5 heterocycles. The van der Waals surface area contributed by atoms with Crippen LogP contribution in [0.1, 0.15) is 18.9 Å². The first kappa shape index (κ1) is 14.4. The molecule has 0 radical (unpaired) electrons. The van der Waals surface area contributed by atoms with Crippen LogP contribution in [0.2, 0.25) is 0 Å². The number of piperidine rings is 1. The summed E-state index contributed by atoms with van der Waals surface area (Å²) in [5.74, 6) is 0.574. The molecule has 25 heavy (non-hydrogen) atoms. The van der Waals surface area contributed by atoms with Gasteiger partial charge in [0.2, 0.25) is 0 Å². The lowest BCUT2D eigenvalue weighted by Gasteiger charge is -2.23. The van der Waals surface area contributed by atoms with Gasteiger partial charge in [0.15, 0.2) is 11.5 Å². The Bertz CT molecular complexity index is 1120. The first-order chi connectivity index (χ1) is 12.3. The van der Waals surface area contributed by atoms with E-state index in [1.54, 1.807) is 21.5 Å². The van der Waals surface area contributed by atoms with Crippen molar-refractivity contribution in [2.24, 2.45) is 0 Å². The summed E-state index contributed by atoms with van der Waals surface area (Å²) in [5, 5.41) is 7.69. The third-order valence-corrected chi connectivity index (χ3v) is 4.76. The number of H-pyrrole nitrogens is 1. The summed E-state index contributed by atoms with van der Waals surface area (Å²) in [4.78, 5) is 24.5. The van der Waals surface area contributed by atoms with Crippen molar-refractivity contribution in [2.45, 2.75) is 18.9 Å². The van der Waals surface area contributed by atoms with E-state index >= 15 is 0 Å². The molecule has 1 aliphatic rings. The van der Waals surface area contributed by atoms with Crippen LogP contribution >= 0.6 is 0 Å². The van der Waals surface area contributed by atoms with Gasteiger partial charge >= 0.3 is 5.69 Å². The molecule has 2 N–H and O–H groups in total. The summed E-state index contributed by atoms with van der Waals surface area (Å²) in [5.41, 5.74) is 2.97. The van der Waals surface area contributed by atoms with E-state index in [0.29, 0.717) is 17.0 Å². The Morgan fingerprint density at radius 2 is 2.20 bits per heavy atom. The van der Waals surface area contributed by atoms with Crippen LogP contribution in [0.3, 0.4) is 0 Å². The quantitative estimate of drug-likeness (QED) is 0.577. The molecule has 126 valence electrons. The first-order valence-electron chi connectivity index (χ1n) is 8.42. The number of hydrogen-bond donors (Lipinski definition) is 2. The second kappa shape index (κ2) is 5.52. The van der Waals surface area contributed by atoms with Gasteiger partial charge in [0.05, 0.1) is 29.5 Å². The fourth-order valence-corrected chi connectivity index (χ4v) is 3.55. The molecule has 8 heteroatoms. The predicted octanol–water partition coefficient (Wildman–Crippen LogP) is 1.36. The average molecular weight is 335 g/mol. The van der Waals surface area contributed by atoms with Gasteiger partial charge in [0, 0.05) is 12.7 Å². The van der Waals surface area contributed by atoms with Crippen molar-refractivity contribution < 1.29 is 0 Å². The summed E-state index contributed by atoms with van der Waals surface area (Å²) >= 11 is 0. The number of hydrogen-bond acceptors (Lipinski definition) is 5. The Balaban J connectivity index is 1.69. The SMILES string of the molecule is O=c1[nH]c2cnc(-c3cnn4ccccc34)nc2n1[C@H]1CCCNC1. The summed E-state index contributed by atoms with van der Waals surface area (Å²) in [7, 11) is 0. The molecule has 0 saturated carbocycles. The minimum atomic E-state index is -0.130. The Kier molecular flexibility index (Phi) is 3.17. The number of rotatable bonds is 2. The second-order valence-electron chi connectivity index (χ2n) is 6.32. The highest BCUT2D eigenvalue weighted by molar-refractivity contribution is 5.79. The lowest BCUT2D eigenvalue weighted by atomic mass is 10.1. The van der Waals surface area contributed by atoms with Crippen molar-refractivity contribution >= 4 is 16.7 Å². The number of aromatic amines is 1. The third kappa shape index (κ3) is 2.25. The van der Waals surface area contributed by atoms with Gasteiger partial charge in [0.1, 0.15) is 5.52 Å². The molecule has 8 nitrogen and oxygen atoms in total. The summed E-state index contributed by atoms with van der Waals surface area (Å²) in [6.45, 7) is 1.78. The summed E-state index contributed by atoms with van der Waals surface area (Å²) < 4.78 is 3.55. The molecule has 4 aromatic rings. The molecule has 0 aliphatic carbocycles. The van der Waals surface area contributed by atoms with E-state index in [1.807, 2.05) is 24.4 Å². The van der Waals surface area contributed by atoms with E-state index in [0.717, 1.165) is 37.0 Å². The molecule has 5 rings (SSSR count). The molecule has 4 aromatic heterocycles. The van der Waals surface area contributed by atoms with Crippen LogP contribution < -0.4 is 11.0 Å². The van der Waals surface area contributed by atoms with E-state index in [1.165, 1.54) is 0 Å². The fourth-order valence-electron chi connectivity index (χ4n) is 3.55. The number of nitrogens with one attached hydrogen (secondary N) is 2. The zero-order valence-corrected chi connectivity index (χ0v) is 13.5. The topological polar surface area (TPSA) is 92.9 Å². The Morgan fingerprint density at radius 3 is 3.08 bits per heavy atom. The molecule has 1 saturated heterocycles. The van der Waals surface area contributed by atoms with Crippen molar-refractivity contribution in [3.05, 3.63) is 47.3 Å². The van der Waals surface area contributed by atoms with Gasteiger partial charge in [-0.3, -0.25) is 4.57 Å². The number of fused-ring (bicyclic) bond motifs is 2. The van der Waals surface area contributed by atoms with Crippen LogP contribution in [0.15, 0.2) is 41.6 Å². The van der Waals surface area contributed by atoms with Gasteiger partial charge in [-0.1, -0.05) is 6.07 Å². The largest absolute Gasteiger partial charge is 0.328 e. The zero-order chi connectivity index (χ0) is 16.8. The Morgan fingerprint density at radius 1 is 1.24 bits per heavy atom. The molecule has 0 amide bonds. The van der Waals surface area contributed by atoms with Gasteiger partial charge in [-0.2, -0.15) is 5.10 Å². The number of nitrogens with zero attached hydrogens (tertiary/aromatic N) is 5. The van der Waals surface area contributed by atoms with Crippen LogP contribution in [0.25, 0.3) is 28.1 Å². The highest BCUT2D eigenvalue weighted by Crippen LogP contribution is 2.24. The maximum atomic E-state index is 12.4. The first-order valence-corrected chi connectivity index (χ1v) is 8.42. The van der Waals surface area contributed by atoms with Gasteiger partial charge in [-0.25, -0.2) is 19.3 Å². The average Bonchev–Trinajstić information content (AvgIpc) is 3.22. The molecule has 0 aromatic carbocycles. The Labute approximate surface area is 142 Å². The van der Waals surface area contributed by atoms with Crippen molar-refractivity contribution in [3.8, 4) is 11.4 Å². The minimum Gasteiger partial charge on any atom is -0.315 e. The number of aromatic nitrogens is 6. The van der Waals surface area contributed by atoms with E-state index in [4.69, 9.17) is 4.98 Å². The molecule has 1 atom stereocenters. The van der Waals surface area contributed by atoms with Crippen LogP contribution in [-0.2, 0) is 0 Å². The molecule has 1 fully saturated rings. The molecule has 0 spiro atoms. The summed E-state index contributed by atoms with van der Waals surface area (Å²) in [6.07, 6.45) is 7.34. The van der Waals surface area contributed by atoms with E-state index in [-0.39, 0.29) is 11.7 Å². The third-order valence-electron chi connectivity index (χ3n) is 4.76. The fraction of sp³-hybridized carbons (Fsp3) is 0.294. The molecular weight excluding hydrogens is 318 g/mol. The maximum Gasteiger partial charge on any atom is 0.328 e. The van der Waals surface area contributed by atoms with Crippen molar-refractivity contribution in [1.29, 1.82) is 0 Å². The van der Waals surface area contributed by atoms with E-state index in [9.17, 15) is 4.79 Å². The second-order valence-corrected chi connectivity index (χ2v) is 6.32. The van der Waals surface area contributed by atoms with Crippen LogP contribution in [0.5, 0.6) is 0 Å². The van der Waals surface area contributed by atoms with Crippen molar-refractivity contribution in [3.63, 3.8) is 0 Å². The Hall–Kier alpha value is -3.00. The monoisotopic (exact) mass is 335 g/mol. The number of imidazole rings is 1. The van der Waals surface area contributed by atoms with Crippen molar-refractivity contribution in [1.82, 2.24) is 34.4 Å². The molecular formula is C17H17N7O. The zero-order valence-electron chi connectivity index (χ0n) is 13.5. The van der Waals surface area contributed by atoms with E-state index in [2.05, 4.69) is 20.4 Å². The smallest absolute Gasteiger partial charge is 0.315 e. The van der Waals surface area contributed by atoms with Gasteiger partial charge in [0.25, 0.3) is 0 Å². The van der Waals surface area contributed by atoms with Gasteiger partial charge < -0.3 is 10.3 Å². The molecule has 0 bridgehead atoms. The summed E-state index contributed by atoms with van der Waals surface area (Å²) in [6, 6.07) is 5.97. The highest BCUT2D eigenvalue weighted by atomic mass is 16.1. The van der Waals surface area contributed by atoms with Crippen LogP contribution in [0, 0.1) is 0 Å². The maximum absolute atomic E-state index is 12.4. The van der Waals surface area contributed by atoms with Crippen LogP contribution in [-0.4, -0.2) is 42.2 Å². The lowest BCUT2D eigenvalue weighted by Crippen LogP contribution is -2.35.